The average Bonchev–Trinajstić information content (AvgIpc) is 3.24. The Morgan fingerprint density at radius 3 is 2.55 bits per heavy atom. The van der Waals surface area contributed by atoms with Crippen LogP contribution in [0, 0.1) is 0 Å². The monoisotopic (exact) mass is 315 g/mol. The summed E-state index contributed by atoms with van der Waals surface area (Å²) in [5, 5.41) is 1.86. The zero-order valence-electron chi connectivity index (χ0n) is 12.2. The Morgan fingerprint density at radius 2 is 1.82 bits per heavy atom. The fraction of sp³-hybridized carbons (Fsp3) is 0.294. The molecule has 4 nitrogen and oxygen atoms in total. The molecule has 0 atom stereocenters. The molecule has 22 heavy (non-hydrogen) atoms. The number of amides is 1. The van der Waals surface area contributed by atoms with Gasteiger partial charge in [0, 0.05) is 18.7 Å². The van der Waals surface area contributed by atoms with Crippen LogP contribution in [-0.2, 0) is 9.53 Å². The highest BCUT2D eigenvalue weighted by molar-refractivity contribution is 7.12. The van der Waals surface area contributed by atoms with Crippen LogP contribution in [-0.4, -0.2) is 36.5 Å². The number of nitrogens with zero attached hydrogens (tertiary/aromatic N) is 1. The number of hydrogen-bond acceptors (Lipinski definition) is 4. The number of carbonyl (C=O) groups is 2. The topological polar surface area (TPSA) is 46.6 Å². The van der Waals surface area contributed by atoms with E-state index in [-0.39, 0.29) is 12.5 Å². The summed E-state index contributed by atoms with van der Waals surface area (Å²) in [7, 11) is 0. The number of benzene rings is 1. The zero-order valence-corrected chi connectivity index (χ0v) is 13.0. The van der Waals surface area contributed by atoms with Crippen LogP contribution >= 0.6 is 11.3 Å². The largest absolute Gasteiger partial charge is 0.451 e. The smallest absolute Gasteiger partial charge is 0.349 e. The van der Waals surface area contributed by atoms with Gasteiger partial charge in [-0.15, -0.1) is 11.3 Å². The maximum absolute atomic E-state index is 12.2. The quantitative estimate of drug-likeness (QED) is 0.814. The standard InChI is InChI=1S/C17H17NO3S/c19-15(18-9-4-5-10-18)12-21-17(20)16-14(8-11-22-16)13-6-2-1-3-7-13/h1-3,6-8,11H,4-5,9-10,12H2. The summed E-state index contributed by atoms with van der Waals surface area (Å²) < 4.78 is 5.20. The van der Waals surface area contributed by atoms with Gasteiger partial charge in [-0.1, -0.05) is 30.3 Å². The average molecular weight is 315 g/mol. The van der Waals surface area contributed by atoms with Crippen molar-refractivity contribution < 1.29 is 14.3 Å². The van der Waals surface area contributed by atoms with Gasteiger partial charge in [0.05, 0.1) is 0 Å². The van der Waals surface area contributed by atoms with Crippen LogP contribution in [0.2, 0.25) is 0 Å². The van der Waals surface area contributed by atoms with E-state index in [1.165, 1.54) is 11.3 Å². The molecule has 5 heteroatoms. The highest BCUT2D eigenvalue weighted by atomic mass is 32.1. The third-order valence-corrected chi connectivity index (χ3v) is 4.62. The molecule has 1 saturated heterocycles. The minimum Gasteiger partial charge on any atom is -0.451 e. The number of likely N-dealkylation sites (tertiary alicyclic amines) is 1. The molecule has 0 bridgehead atoms. The molecule has 1 aliphatic heterocycles. The van der Waals surface area contributed by atoms with Crippen molar-refractivity contribution in [2.75, 3.05) is 19.7 Å². The van der Waals surface area contributed by atoms with E-state index in [0.717, 1.165) is 37.1 Å². The summed E-state index contributed by atoms with van der Waals surface area (Å²) in [6.45, 7) is 1.36. The van der Waals surface area contributed by atoms with Crippen LogP contribution in [0.25, 0.3) is 11.1 Å². The van der Waals surface area contributed by atoms with Crippen LogP contribution < -0.4 is 0 Å². The first-order valence-electron chi connectivity index (χ1n) is 7.33. The Bertz CT molecular complexity index is 660. The maximum atomic E-state index is 12.2. The number of carbonyl (C=O) groups excluding carboxylic acids is 2. The van der Waals surface area contributed by atoms with Gasteiger partial charge >= 0.3 is 5.97 Å². The van der Waals surface area contributed by atoms with Gasteiger partial charge in [-0.25, -0.2) is 4.79 Å². The Labute approximate surface area is 133 Å². The first kappa shape index (κ1) is 14.8. The van der Waals surface area contributed by atoms with Gasteiger partial charge in [0.2, 0.25) is 0 Å². The van der Waals surface area contributed by atoms with Crippen molar-refractivity contribution in [3.05, 3.63) is 46.7 Å². The van der Waals surface area contributed by atoms with Crippen LogP contribution in [0.4, 0.5) is 0 Å². The number of hydrogen-bond donors (Lipinski definition) is 0. The molecule has 2 aromatic rings. The van der Waals surface area contributed by atoms with E-state index in [2.05, 4.69) is 0 Å². The second kappa shape index (κ2) is 6.75. The summed E-state index contributed by atoms with van der Waals surface area (Å²) in [5.41, 5.74) is 1.82. The molecule has 3 rings (SSSR count). The molecule has 1 fully saturated rings. The molecule has 2 heterocycles. The summed E-state index contributed by atoms with van der Waals surface area (Å²) in [5.74, 6) is -0.537. The van der Waals surface area contributed by atoms with E-state index in [0.29, 0.717) is 4.88 Å². The van der Waals surface area contributed by atoms with Gasteiger partial charge in [0.1, 0.15) is 4.88 Å². The molecular formula is C17H17NO3S. The Morgan fingerprint density at radius 1 is 1.09 bits per heavy atom. The van der Waals surface area contributed by atoms with E-state index >= 15 is 0 Å². The Hall–Kier alpha value is -2.14. The molecule has 0 radical (unpaired) electrons. The van der Waals surface area contributed by atoms with E-state index in [9.17, 15) is 9.59 Å². The van der Waals surface area contributed by atoms with Crippen molar-refractivity contribution >= 4 is 23.2 Å². The number of thiophene rings is 1. The molecular weight excluding hydrogens is 298 g/mol. The third kappa shape index (κ3) is 3.20. The lowest BCUT2D eigenvalue weighted by molar-refractivity contribution is -0.133. The molecule has 0 unspecified atom stereocenters. The fourth-order valence-corrected chi connectivity index (χ4v) is 3.37. The first-order chi connectivity index (χ1) is 10.8. The van der Waals surface area contributed by atoms with Crippen LogP contribution in [0.3, 0.4) is 0 Å². The second-order valence-electron chi connectivity index (χ2n) is 5.19. The molecule has 0 aliphatic carbocycles. The van der Waals surface area contributed by atoms with Gasteiger partial charge in [-0.05, 0) is 29.9 Å². The third-order valence-electron chi connectivity index (χ3n) is 3.72. The van der Waals surface area contributed by atoms with Gasteiger partial charge in [0.15, 0.2) is 6.61 Å². The van der Waals surface area contributed by atoms with Crippen LogP contribution in [0.5, 0.6) is 0 Å². The van der Waals surface area contributed by atoms with Crippen molar-refractivity contribution in [1.29, 1.82) is 0 Å². The molecule has 1 aromatic heterocycles. The summed E-state index contributed by atoms with van der Waals surface area (Å²) >= 11 is 1.34. The lowest BCUT2D eigenvalue weighted by atomic mass is 10.1. The highest BCUT2D eigenvalue weighted by Crippen LogP contribution is 2.28. The van der Waals surface area contributed by atoms with Crippen molar-refractivity contribution in [2.24, 2.45) is 0 Å². The van der Waals surface area contributed by atoms with Gasteiger partial charge < -0.3 is 9.64 Å². The zero-order chi connectivity index (χ0) is 15.4. The molecule has 114 valence electrons. The number of rotatable bonds is 4. The Balaban J connectivity index is 1.66. The SMILES string of the molecule is O=C(OCC(=O)N1CCCC1)c1sccc1-c1ccccc1. The van der Waals surface area contributed by atoms with Crippen molar-refractivity contribution in [3.8, 4) is 11.1 Å². The molecule has 0 spiro atoms. The van der Waals surface area contributed by atoms with Gasteiger partial charge in [0.25, 0.3) is 5.91 Å². The van der Waals surface area contributed by atoms with Gasteiger partial charge in [-0.2, -0.15) is 0 Å². The lowest BCUT2D eigenvalue weighted by Crippen LogP contribution is -2.32. The van der Waals surface area contributed by atoms with Crippen molar-refractivity contribution in [1.82, 2.24) is 4.90 Å². The van der Waals surface area contributed by atoms with Crippen LogP contribution in [0.1, 0.15) is 22.5 Å². The van der Waals surface area contributed by atoms with Crippen molar-refractivity contribution in [2.45, 2.75) is 12.8 Å². The molecule has 1 amide bonds. The van der Waals surface area contributed by atoms with E-state index in [1.54, 1.807) is 4.90 Å². The summed E-state index contributed by atoms with van der Waals surface area (Å²) in [4.78, 5) is 26.5. The molecule has 0 saturated carbocycles. The number of ether oxygens (including phenoxy) is 1. The molecule has 1 aliphatic rings. The first-order valence-corrected chi connectivity index (χ1v) is 8.21. The maximum Gasteiger partial charge on any atom is 0.349 e. The van der Waals surface area contributed by atoms with Gasteiger partial charge in [-0.3, -0.25) is 4.79 Å². The minimum absolute atomic E-state index is 0.108. The van der Waals surface area contributed by atoms with E-state index < -0.39 is 5.97 Å². The van der Waals surface area contributed by atoms with E-state index in [1.807, 2.05) is 41.8 Å². The Kier molecular flexibility index (Phi) is 4.53. The minimum atomic E-state index is -0.429. The normalized spacial score (nSPS) is 14.1. The second-order valence-corrected chi connectivity index (χ2v) is 6.11. The fourth-order valence-electron chi connectivity index (χ4n) is 2.56. The van der Waals surface area contributed by atoms with E-state index in [4.69, 9.17) is 4.74 Å². The lowest BCUT2D eigenvalue weighted by Gasteiger charge is -2.14. The highest BCUT2D eigenvalue weighted by Gasteiger charge is 2.21. The molecule has 1 aromatic carbocycles. The predicted octanol–water partition coefficient (Wildman–Crippen LogP) is 3.19. The molecule has 0 N–H and O–H groups in total. The number of esters is 1. The predicted molar refractivity (Wildman–Crippen MR) is 85.9 cm³/mol. The van der Waals surface area contributed by atoms with Crippen LogP contribution in [0.15, 0.2) is 41.8 Å². The van der Waals surface area contributed by atoms with Crippen molar-refractivity contribution in [3.63, 3.8) is 0 Å². The summed E-state index contributed by atoms with van der Waals surface area (Å²) in [6.07, 6.45) is 2.06. The summed E-state index contributed by atoms with van der Waals surface area (Å²) in [6, 6.07) is 11.6.